The van der Waals surface area contributed by atoms with E-state index in [0.29, 0.717) is 12.0 Å². The summed E-state index contributed by atoms with van der Waals surface area (Å²) in [6.45, 7) is 3.83. The minimum atomic E-state index is -0.155. The second kappa shape index (κ2) is 3.68. The van der Waals surface area contributed by atoms with Crippen molar-refractivity contribution in [1.82, 2.24) is 0 Å². The maximum absolute atomic E-state index is 13.1. The van der Waals surface area contributed by atoms with Gasteiger partial charge in [-0.3, -0.25) is 0 Å². The Morgan fingerprint density at radius 2 is 2.17 bits per heavy atom. The van der Waals surface area contributed by atoms with Gasteiger partial charge >= 0.3 is 0 Å². The highest BCUT2D eigenvalue weighted by Gasteiger charge is 2.03. The molecule has 0 bridgehead atoms. The molecule has 1 rings (SSSR count). The Morgan fingerprint density at radius 3 is 2.75 bits per heavy atom. The summed E-state index contributed by atoms with van der Waals surface area (Å²) in [5.41, 5.74) is 7.37. The quantitative estimate of drug-likeness (QED) is 0.716. The minimum absolute atomic E-state index is 0.0151. The van der Waals surface area contributed by atoms with Crippen LogP contribution < -0.4 is 5.73 Å². The van der Waals surface area contributed by atoms with Crippen molar-refractivity contribution in [1.29, 1.82) is 0 Å². The molecule has 2 heteroatoms. The first-order valence-electron chi connectivity index (χ1n) is 4.10. The third-order valence-corrected chi connectivity index (χ3v) is 1.74. The lowest BCUT2D eigenvalue weighted by molar-refractivity contribution is 0.595. The zero-order chi connectivity index (χ0) is 9.14. The Kier molecular flexibility index (Phi) is 2.82. The van der Waals surface area contributed by atoms with Crippen LogP contribution in [0.1, 0.15) is 18.1 Å². The van der Waals surface area contributed by atoms with E-state index >= 15 is 0 Å². The van der Waals surface area contributed by atoms with E-state index in [9.17, 15) is 4.39 Å². The van der Waals surface area contributed by atoms with Gasteiger partial charge in [0.1, 0.15) is 5.82 Å². The molecule has 1 aromatic rings. The van der Waals surface area contributed by atoms with E-state index in [2.05, 4.69) is 0 Å². The lowest BCUT2D eigenvalue weighted by Gasteiger charge is -2.06. The zero-order valence-electron chi connectivity index (χ0n) is 7.47. The molecular formula is C10H14FN. The first-order chi connectivity index (χ1) is 5.59. The van der Waals surface area contributed by atoms with E-state index in [0.717, 1.165) is 5.56 Å². The third kappa shape index (κ3) is 2.31. The van der Waals surface area contributed by atoms with Gasteiger partial charge in [0, 0.05) is 6.04 Å². The molecule has 0 saturated carbocycles. The molecule has 12 heavy (non-hydrogen) atoms. The molecule has 1 nitrogen and oxygen atoms in total. The highest BCUT2D eigenvalue weighted by molar-refractivity contribution is 5.24. The van der Waals surface area contributed by atoms with Gasteiger partial charge in [0.25, 0.3) is 0 Å². The third-order valence-electron chi connectivity index (χ3n) is 1.74. The molecule has 1 atom stereocenters. The Bertz CT molecular complexity index is 269. The smallest absolute Gasteiger partial charge is 0.126 e. The minimum Gasteiger partial charge on any atom is -0.328 e. The van der Waals surface area contributed by atoms with Gasteiger partial charge in [-0.15, -0.1) is 0 Å². The SMILES string of the molecule is Cc1ccc(F)c(C[C@@H](C)N)c1. The molecule has 0 aliphatic carbocycles. The Hall–Kier alpha value is -0.890. The maximum atomic E-state index is 13.1. The van der Waals surface area contributed by atoms with Gasteiger partial charge in [-0.05, 0) is 31.9 Å². The monoisotopic (exact) mass is 167 g/mol. The molecule has 0 aliphatic heterocycles. The molecule has 0 saturated heterocycles. The van der Waals surface area contributed by atoms with Crippen LogP contribution >= 0.6 is 0 Å². The predicted octanol–water partition coefficient (Wildman–Crippen LogP) is 2.02. The topological polar surface area (TPSA) is 26.0 Å². The summed E-state index contributed by atoms with van der Waals surface area (Å²) in [7, 11) is 0. The van der Waals surface area contributed by atoms with Gasteiger partial charge < -0.3 is 5.73 Å². The Balaban J connectivity index is 2.90. The molecule has 1 aromatic carbocycles. The van der Waals surface area contributed by atoms with Gasteiger partial charge in [-0.25, -0.2) is 4.39 Å². The van der Waals surface area contributed by atoms with Gasteiger partial charge in [0.15, 0.2) is 0 Å². The average molecular weight is 167 g/mol. The predicted molar refractivity (Wildman–Crippen MR) is 48.5 cm³/mol. The van der Waals surface area contributed by atoms with Crippen molar-refractivity contribution in [2.45, 2.75) is 26.3 Å². The van der Waals surface area contributed by atoms with Crippen LogP contribution in [0.2, 0.25) is 0 Å². The fourth-order valence-corrected chi connectivity index (χ4v) is 1.21. The standard InChI is InChI=1S/C10H14FN/c1-7-3-4-10(11)9(5-7)6-8(2)12/h3-5,8H,6,12H2,1-2H3/t8-/m1/s1. The maximum Gasteiger partial charge on any atom is 0.126 e. The molecule has 0 amide bonds. The summed E-state index contributed by atoms with van der Waals surface area (Å²) >= 11 is 0. The van der Waals surface area contributed by atoms with Gasteiger partial charge in [-0.2, -0.15) is 0 Å². The van der Waals surface area contributed by atoms with Crippen LogP contribution in [0, 0.1) is 12.7 Å². The summed E-state index contributed by atoms with van der Waals surface area (Å²) in [6.07, 6.45) is 0.605. The van der Waals surface area contributed by atoms with E-state index in [4.69, 9.17) is 5.73 Å². The first-order valence-corrected chi connectivity index (χ1v) is 4.10. The molecule has 0 heterocycles. The molecular weight excluding hydrogens is 153 g/mol. The Labute approximate surface area is 72.4 Å². The van der Waals surface area contributed by atoms with E-state index in [1.807, 2.05) is 19.9 Å². The number of halogens is 1. The van der Waals surface area contributed by atoms with Crippen molar-refractivity contribution >= 4 is 0 Å². The number of nitrogens with two attached hydrogens (primary N) is 1. The van der Waals surface area contributed by atoms with Crippen LogP contribution in [0.4, 0.5) is 4.39 Å². The fourth-order valence-electron chi connectivity index (χ4n) is 1.21. The Morgan fingerprint density at radius 1 is 1.50 bits per heavy atom. The van der Waals surface area contributed by atoms with Crippen molar-refractivity contribution in [2.24, 2.45) is 5.73 Å². The normalized spacial score (nSPS) is 13.0. The number of rotatable bonds is 2. The van der Waals surface area contributed by atoms with Crippen molar-refractivity contribution in [2.75, 3.05) is 0 Å². The van der Waals surface area contributed by atoms with Gasteiger partial charge in [-0.1, -0.05) is 17.7 Å². The fraction of sp³-hybridized carbons (Fsp3) is 0.400. The summed E-state index contributed by atoms with van der Waals surface area (Å²) < 4.78 is 13.1. The van der Waals surface area contributed by atoms with E-state index in [1.54, 1.807) is 6.07 Å². The lowest BCUT2D eigenvalue weighted by Crippen LogP contribution is -2.18. The van der Waals surface area contributed by atoms with E-state index in [1.165, 1.54) is 6.07 Å². The van der Waals surface area contributed by atoms with Crippen molar-refractivity contribution in [3.8, 4) is 0 Å². The van der Waals surface area contributed by atoms with E-state index in [-0.39, 0.29) is 11.9 Å². The molecule has 0 aliphatic rings. The molecule has 66 valence electrons. The van der Waals surface area contributed by atoms with Crippen LogP contribution in [0.5, 0.6) is 0 Å². The molecule has 0 fully saturated rings. The second-order valence-corrected chi connectivity index (χ2v) is 3.28. The highest BCUT2D eigenvalue weighted by atomic mass is 19.1. The summed E-state index contributed by atoms with van der Waals surface area (Å²) in [4.78, 5) is 0. The first kappa shape index (κ1) is 9.20. The lowest BCUT2D eigenvalue weighted by atomic mass is 10.0. The summed E-state index contributed by atoms with van der Waals surface area (Å²) in [6, 6.07) is 5.12. The van der Waals surface area contributed by atoms with Crippen LogP contribution in [0.3, 0.4) is 0 Å². The van der Waals surface area contributed by atoms with Gasteiger partial charge in [0.05, 0.1) is 0 Å². The van der Waals surface area contributed by atoms with Crippen LogP contribution in [-0.2, 0) is 6.42 Å². The van der Waals surface area contributed by atoms with Gasteiger partial charge in [0.2, 0.25) is 0 Å². The highest BCUT2D eigenvalue weighted by Crippen LogP contribution is 2.11. The van der Waals surface area contributed by atoms with E-state index < -0.39 is 0 Å². The summed E-state index contributed by atoms with van der Waals surface area (Å²) in [5.74, 6) is -0.155. The number of benzene rings is 1. The molecule has 0 radical (unpaired) electrons. The van der Waals surface area contributed by atoms with Crippen LogP contribution in [-0.4, -0.2) is 6.04 Å². The number of aryl methyl sites for hydroxylation is 1. The molecule has 2 N–H and O–H groups in total. The second-order valence-electron chi connectivity index (χ2n) is 3.28. The average Bonchev–Trinajstić information content (AvgIpc) is 1.96. The molecule has 0 aromatic heterocycles. The van der Waals surface area contributed by atoms with Crippen LogP contribution in [0.25, 0.3) is 0 Å². The largest absolute Gasteiger partial charge is 0.328 e. The zero-order valence-corrected chi connectivity index (χ0v) is 7.47. The number of hydrogen-bond donors (Lipinski definition) is 1. The van der Waals surface area contributed by atoms with Crippen LogP contribution in [0.15, 0.2) is 18.2 Å². The summed E-state index contributed by atoms with van der Waals surface area (Å²) in [5, 5.41) is 0. The molecule has 0 spiro atoms. The number of hydrogen-bond acceptors (Lipinski definition) is 1. The molecule has 0 unspecified atom stereocenters. The van der Waals surface area contributed by atoms with Crippen molar-refractivity contribution in [3.63, 3.8) is 0 Å². The van der Waals surface area contributed by atoms with Crippen molar-refractivity contribution < 1.29 is 4.39 Å². The van der Waals surface area contributed by atoms with Crippen molar-refractivity contribution in [3.05, 3.63) is 35.1 Å².